The molecular weight excluding hydrogens is 749 g/mol. The SMILES string of the molecule is c1ccc(-c2nc3ccc4oc5ccc6c(-c7nc(-c8ccc(-n9c%10ccccc%10c%10ccccc%109)cc8)cc(-c8cccc9ccccc89)n7)cccc6c5c4c3o2)cc1. The van der Waals surface area contributed by atoms with Crippen molar-refractivity contribution in [2.24, 2.45) is 0 Å². The molecule has 0 saturated carbocycles. The fraction of sp³-hybridized carbons (Fsp3) is 0. The normalized spacial score (nSPS) is 11.9. The zero-order valence-electron chi connectivity index (χ0n) is 32.6. The third-order valence-corrected chi connectivity index (χ3v) is 12.1. The average molecular weight is 781 g/mol. The minimum absolute atomic E-state index is 0.577. The molecule has 13 rings (SSSR count). The first-order valence-electron chi connectivity index (χ1n) is 20.4. The van der Waals surface area contributed by atoms with E-state index in [1.165, 1.54) is 21.8 Å². The van der Waals surface area contributed by atoms with Gasteiger partial charge in [-0.25, -0.2) is 15.0 Å². The van der Waals surface area contributed by atoms with Gasteiger partial charge in [0.2, 0.25) is 5.89 Å². The van der Waals surface area contributed by atoms with Crippen LogP contribution in [0.4, 0.5) is 0 Å². The minimum Gasteiger partial charge on any atom is -0.456 e. The van der Waals surface area contributed by atoms with Crippen molar-refractivity contribution in [3.8, 4) is 51.0 Å². The predicted molar refractivity (Wildman–Crippen MR) is 248 cm³/mol. The molecule has 0 amide bonds. The maximum Gasteiger partial charge on any atom is 0.227 e. The van der Waals surface area contributed by atoms with Crippen molar-refractivity contribution < 1.29 is 8.83 Å². The third kappa shape index (κ3) is 5.19. The number of hydrogen-bond acceptors (Lipinski definition) is 5. The van der Waals surface area contributed by atoms with Gasteiger partial charge in [0.25, 0.3) is 0 Å². The van der Waals surface area contributed by atoms with Crippen molar-refractivity contribution >= 4 is 76.4 Å². The lowest BCUT2D eigenvalue weighted by Gasteiger charge is -2.13. The zero-order valence-corrected chi connectivity index (χ0v) is 32.6. The van der Waals surface area contributed by atoms with E-state index >= 15 is 0 Å². The molecule has 0 saturated heterocycles. The molecule has 4 aromatic heterocycles. The number of hydrogen-bond donors (Lipinski definition) is 0. The second kappa shape index (κ2) is 13.1. The maximum atomic E-state index is 6.54. The monoisotopic (exact) mass is 780 g/mol. The van der Waals surface area contributed by atoms with Gasteiger partial charge in [-0.05, 0) is 88.3 Å². The average Bonchev–Trinajstić information content (AvgIpc) is 4.04. The Balaban J connectivity index is 1.01. The quantitative estimate of drug-likeness (QED) is 0.174. The first kappa shape index (κ1) is 33.6. The minimum atomic E-state index is 0.577. The van der Waals surface area contributed by atoms with Crippen LogP contribution in [-0.4, -0.2) is 19.5 Å². The second-order valence-corrected chi connectivity index (χ2v) is 15.5. The highest BCUT2D eigenvalue weighted by molar-refractivity contribution is 6.26. The predicted octanol–water partition coefficient (Wildman–Crippen LogP) is 14.6. The summed E-state index contributed by atoms with van der Waals surface area (Å²) in [7, 11) is 0. The van der Waals surface area contributed by atoms with Crippen LogP contribution < -0.4 is 0 Å². The summed E-state index contributed by atoms with van der Waals surface area (Å²) in [5, 5.41) is 8.68. The summed E-state index contributed by atoms with van der Waals surface area (Å²) in [5.74, 6) is 1.22. The first-order chi connectivity index (χ1) is 30.2. The molecule has 9 aromatic carbocycles. The van der Waals surface area contributed by atoms with Crippen molar-refractivity contribution in [1.82, 2.24) is 19.5 Å². The number of aromatic nitrogens is 4. The number of nitrogens with zero attached hydrogens (tertiary/aromatic N) is 4. The first-order valence-corrected chi connectivity index (χ1v) is 20.4. The molecular formula is C55H32N4O2. The summed E-state index contributed by atoms with van der Waals surface area (Å²) < 4.78 is 15.4. The summed E-state index contributed by atoms with van der Waals surface area (Å²) >= 11 is 0. The van der Waals surface area contributed by atoms with Gasteiger partial charge in [0.15, 0.2) is 11.4 Å². The van der Waals surface area contributed by atoms with Gasteiger partial charge in [0.05, 0.1) is 27.8 Å². The number of para-hydroxylation sites is 2. The number of rotatable bonds is 5. The van der Waals surface area contributed by atoms with Crippen molar-refractivity contribution in [3.63, 3.8) is 0 Å². The summed E-state index contributed by atoms with van der Waals surface area (Å²) in [6, 6.07) is 67.4. The van der Waals surface area contributed by atoms with Crippen molar-refractivity contribution in [2.45, 2.75) is 0 Å². The van der Waals surface area contributed by atoms with Gasteiger partial charge in [0, 0.05) is 44.1 Å². The van der Waals surface area contributed by atoms with E-state index in [9.17, 15) is 0 Å². The Kier molecular flexibility index (Phi) is 7.21. The van der Waals surface area contributed by atoms with Crippen LogP contribution in [0.15, 0.2) is 203 Å². The summed E-state index contributed by atoms with van der Waals surface area (Å²) in [5.41, 5.74) is 12.0. The van der Waals surface area contributed by atoms with Crippen molar-refractivity contribution in [2.75, 3.05) is 0 Å². The Bertz CT molecular complexity index is 3820. The molecule has 0 bridgehead atoms. The van der Waals surface area contributed by atoms with Crippen LogP contribution in [0.25, 0.3) is 127 Å². The van der Waals surface area contributed by atoms with Crippen LogP contribution in [0.1, 0.15) is 0 Å². The summed E-state index contributed by atoms with van der Waals surface area (Å²) in [6.07, 6.45) is 0. The molecule has 0 fully saturated rings. The standard InChI is InChI=1S/C55H32N4O2/c1-2-13-35(14-3-1)55-58-44-29-31-50-52(53(44)61-55)51-42-20-11-21-43(38(42)28-30-49(51)60-50)54-56-45(32-46(57-54)39-19-10-15-33-12-4-5-16-37(33)39)34-24-26-36(27-25-34)59-47-22-8-6-17-40(47)41-18-7-9-23-48(41)59/h1-32H. The summed E-state index contributed by atoms with van der Waals surface area (Å²) in [4.78, 5) is 15.6. The van der Waals surface area contributed by atoms with Crippen LogP contribution >= 0.6 is 0 Å². The molecule has 0 aliphatic carbocycles. The van der Waals surface area contributed by atoms with Crippen LogP contribution in [0.5, 0.6) is 0 Å². The fourth-order valence-corrected chi connectivity index (χ4v) is 9.28. The van der Waals surface area contributed by atoms with Gasteiger partial charge in [-0.3, -0.25) is 0 Å². The number of fused-ring (bicyclic) bond motifs is 11. The van der Waals surface area contributed by atoms with Gasteiger partial charge in [-0.2, -0.15) is 0 Å². The highest BCUT2D eigenvalue weighted by Gasteiger charge is 2.21. The lowest BCUT2D eigenvalue weighted by Crippen LogP contribution is -1.98. The van der Waals surface area contributed by atoms with Gasteiger partial charge in [-0.1, -0.05) is 127 Å². The molecule has 0 atom stereocenters. The van der Waals surface area contributed by atoms with Crippen LogP contribution in [0.2, 0.25) is 0 Å². The molecule has 0 spiro atoms. The van der Waals surface area contributed by atoms with Gasteiger partial charge < -0.3 is 13.4 Å². The molecule has 0 unspecified atom stereocenters. The largest absolute Gasteiger partial charge is 0.456 e. The summed E-state index contributed by atoms with van der Waals surface area (Å²) in [6.45, 7) is 0. The fourth-order valence-electron chi connectivity index (χ4n) is 9.28. The molecule has 0 aliphatic heterocycles. The topological polar surface area (TPSA) is 69.9 Å². The Morgan fingerprint density at radius 1 is 0.393 bits per heavy atom. The Labute approximate surface area is 348 Å². The van der Waals surface area contributed by atoms with E-state index in [1.54, 1.807) is 0 Å². The van der Waals surface area contributed by atoms with E-state index in [1.807, 2.05) is 48.5 Å². The number of oxazole rings is 1. The van der Waals surface area contributed by atoms with Crippen molar-refractivity contribution in [3.05, 3.63) is 194 Å². The van der Waals surface area contributed by atoms with Gasteiger partial charge in [-0.15, -0.1) is 0 Å². The molecule has 284 valence electrons. The van der Waals surface area contributed by atoms with Crippen LogP contribution in [-0.2, 0) is 0 Å². The van der Waals surface area contributed by atoms with E-state index in [0.717, 1.165) is 88.3 Å². The third-order valence-electron chi connectivity index (χ3n) is 12.1. The second-order valence-electron chi connectivity index (χ2n) is 15.5. The van der Waals surface area contributed by atoms with Gasteiger partial charge in [0.1, 0.15) is 16.7 Å². The zero-order chi connectivity index (χ0) is 40.0. The lowest BCUT2D eigenvalue weighted by molar-refractivity contribution is 0.622. The number of benzene rings is 9. The van der Waals surface area contributed by atoms with E-state index in [0.29, 0.717) is 17.3 Å². The van der Waals surface area contributed by atoms with Crippen molar-refractivity contribution in [1.29, 1.82) is 0 Å². The maximum absolute atomic E-state index is 6.54. The van der Waals surface area contributed by atoms with E-state index in [2.05, 4.69) is 150 Å². The van der Waals surface area contributed by atoms with E-state index in [-0.39, 0.29) is 0 Å². The van der Waals surface area contributed by atoms with E-state index in [4.69, 9.17) is 23.8 Å². The van der Waals surface area contributed by atoms with Gasteiger partial charge >= 0.3 is 0 Å². The molecule has 0 radical (unpaired) electrons. The smallest absolute Gasteiger partial charge is 0.227 e. The Morgan fingerprint density at radius 2 is 1.03 bits per heavy atom. The van der Waals surface area contributed by atoms with Crippen LogP contribution in [0.3, 0.4) is 0 Å². The molecule has 4 heterocycles. The molecule has 13 aromatic rings. The molecule has 61 heavy (non-hydrogen) atoms. The molecule has 0 aliphatic rings. The Morgan fingerprint density at radius 3 is 1.85 bits per heavy atom. The highest BCUT2D eigenvalue weighted by atomic mass is 16.4. The van der Waals surface area contributed by atoms with E-state index < -0.39 is 0 Å². The Hall–Kier alpha value is -8.35. The molecule has 6 heteroatoms. The lowest BCUT2D eigenvalue weighted by atomic mass is 9.98. The molecule has 0 N–H and O–H groups in total. The molecule has 6 nitrogen and oxygen atoms in total. The van der Waals surface area contributed by atoms with Crippen LogP contribution in [0, 0.1) is 0 Å². The highest BCUT2D eigenvalue weighted by Crippen LogP contribution is 2.43. The number of furan rings is 1.